The average Bonchev–Trinajstić information content (AvgIpc) is 2.94. The molecule has 0 aliphatic carbocycles. The van der Waals surface area contributed by atoms with Crippen LogP contribution in [0.1, 0.15) is 41.4 Å². The Morgan fingerprint density at radius 3 is 2.67 bits per heavy atom. The van der Waals surface area contributed by atoms with Gasteiger partial charge in [-0.25, -0.2) is 9.78 Å². The zero-order valence-electron chi connectivity index (χ0n) is 11.5. The lowest BCUT2D eigenvalue weighted by atomic mass is 10.1. The Bertz CT molecular complexity index is 624. The van der Waals surface area contributed by atoms with Crippen molar-refractivity contribution in [3.05, 3.63) is 47.5 Å². The molecule has 0 radical (unpaired) electrons. The van der Waals surface area contributed by atoms with Crippen molar-refractivity contribution in [1.82, 2.24) is 20.5 Å². The number of aromatic nitrogens is 3. The molecule has 1 atom stereocenters. The first-order valence-corrected chi connectivity index (χ1v) is 6.61. The van der Waals surface area contributed by atoms with E-state index in [1.54, 1.807) is 30.3 Å². The van der Waals surface area contributed by atoms with Gasteiger partial charge in [0.1, 0.15) is 5.82 Å². The van der Waals surface area contributed by atoms with E-state index in [2.05, 4.69) is 20.5 Å². The zero-order chi connectivity index (χ0) is 15.2. The molecule has 110 valence electrons. The number of carboxylic acids is 1. The molecule has 0 unspecified atom stereocenters. The van der Waals surface area contributed by atoms with Gasteiger partial charge in [0.15, 0.2) is 6.04 Å². The molecule has 0 aliphatic rings. The van der Waals surface area contributed by atoms with Crippen LogP contribution in [0, 0.1) is 0 Å². The number of nitrogens with one attached hydrogen (secondary N) is 2. The van der Waals surface area contributed by atoms with Crippen LogP contribution in [0.3, 0.4) is 0 Å². The fourth-order valence-corrected chi connectivity index (χ4v) is 1.87. The van der Waals surface area contributed by atoms with Crippen LogP contribution < -0.4 is 5.32 Å². The van der Waals surface area contributed by atoms with Crippen molar-refractivity contribution in [2.45, 2.75) is 25.8 Å². The average molecular weight is 288 g/mol. The highest BCUT2D eigenvalue weighted by molar-refractivity contribution is 5.93. The van der Waals surface area contributed by atoms with E-state index in [1.165, 1.54) is 0 Å². The summed E-state index contributed by atoms with van der Waals surface area (Å²) in [6.07, 6.45) is 1.55. The normalized spacial score (nSPS) is 11.9. The molecule has 1 heterocycles. The molecule has 1 aromatic carbocycles. The van der Waals surface area contributed by atoms with Gasteiger partial charge in [-0.3, -0.25) is 9.89 Å². The maximum Gasteiger partial charge on any atom is 0.330 e. The van der Waals surface area contributed by atoms with Crippen LogP contribution >= 0.6 is 0 Å². The quantitative estimate of drug-likeness (QED) is 0.742. The molecular formula is C14H16N4O3. The Kier molecular flexibility index (Phi) is 4.65. The van der Waals surface area contributed by atoms with E-state index >= 15 is 0 Å². The van der Waals surface area contributed by atoms with Gasteiger partial charge in [-0.2, -0.15) is 0 Å². The Balaban J connectivity index is 2.13. The number of amides is 1. The second-order valence-corrected chi connectivity index (χ2v) is 4.51. The van der Waals surface area contributed by atoms with Gasteiger partial charge in [0.05, 0.1) is 0 Å². The summed E-state index contributed by atoms with van der Waals surface area (Å²) in [5, 5.41) is 18.1. The first-order valence-electron chi connectivity index (χ1n) is 6.61. The SMILES string of the molecule is CCCc1nc(C(=O)N[C@H](C(=O)O)c2ccccc2)n[nH]1. The van der Waals surface area contributed by atoms with Crippen molar-refractivity contribution in [3.8, 4) is 0 Å². The highest BCUT2D eigenvalue weighted by Crippen LogP contribution is 2.13. The van der Waals surface area contributed by atoms with Crippen molar-refractivity contribution >= 4 is 11.9 Å². The van der Waals surface area contributed by atoms with Crippen molar-refractivity contribution in [1.29, 1.82) is 0 Å². The number of carboxylic acid groups (broad SMARTS) is 1. The lowest BCUT2D eigenvalue weighted by Gasteiger charge is -2.13. The predicted molar refractivity (Wildman–Crippen MR) is 74.7 cm³/mol. The van der Waals surface area contributed by atoms with Crippen molar-refractivity contribution in [2.24, 2.45) is 0 Å². The van der Waals surface area contributed by atoms with Gasteiger partial charge in [0.2, 0.25) is 5.82 Å². The molecule has 2 aromatic rings. The molecule has 0 bridgehead atoms. The summed E-state index contributed by atoms with van der Waals surface area (Å²) >= 11 is 0. The third-order valence-corrected chi connectivity index (χ3v) is 2.88. The molecule has 1 amide bonds. The van der Waals surface area contributed by atoms with Crippen LogP contribution in [-0.4, -0.2) is 32.2 Å². The molecule has 0 spiro atoms. The topological polar surface area (TPSA) is 108 Å². The molecular weight excluding hydrogens is 272 g/mol. The highest BCUT2D eigenvalue weighted by Gasteiger charge is 2.24. The molecule has 0 aliphatic heterocycles. The summed E-state index contributed by atoms with van der Waals surface area (Å²) < 4.78 is 0. The number of rotatable bonds is 6. The number of aliphatic carboxylic acids is 1. The summed E-state index contributed by atoms with van der Waals surface area (Å²) in [6.45, 7) is 1.98. The van der Waals surface area contributed by atoms with E-state index in [9.17, 15) is 14.7 Å². The number of hydrogen-bond acceptors (Lipinski definition) is 4. The summed E-state index contributed by atoms with van der Waals surface area (Å²) in [6, 6.07) is 7.34. The van der Waals surface area contributed by atoms with Gasteiger partial charge in [0.25, 0.3) is 5.91 Å². The first kappa shape index (κ1) is 14.7. The fraction of sp³-hybridized carbons (Fsp3) is 0.286. The molecule has 0 fully saturated rings. The van der Waals surface area contributed by atoms with Crippen molar-refractivity contribution < 1.29 is 14.7 Å². The number of carbonyl (C=O) groups is 2. The second kappa shape index (κ2) is 6.65. The lowest BCUT2D eigenvalue weighted by Crippen LogP contribution is -2.34. The predicted octanol–water partition coefficient (Wildman–Crippen LogP) is 1.31. The molecule has 3 N–H and O–H groups in total. The van der Waals surface area contributed by atoms with Gasteiger partial charge in [0, 0.05) is 6.42 Å². The van der Waals surface area contributed by atoms with Crippen LogP contribution in [-0.2, 0) is 11.2 Å². The van der Waals surface area contributed by atoms with Crippen LogP contribution in [0.4, 0.5) is 0 Å². The second-order valence-electron chi connectivity index (χ2n) is 4.51. The van der Waals surface area contributed by atoms with Crippen LogP contribution in [0.25, 0.3) is 0 Å². The minimum Gasteiger partial charge on any atom is -0.479 e. The summed E-state index contributed by atoms with van der Waals surface area (Å²) in [7, 11) is 0. The lowest BCUT2D eigenvalue weighted by molar-refractivity contribution is -0.139. The smallest absolute Gasteiger partial charge is 0.330 e. The molecule has 7 nitrogen and oxygen atoms in total. The van der Waals surface area contributed by atoms with Gasteiger partial charge in [-0.1, -0.05) is 37.3 Å². The fourth-order valence-electron chi connectivity index (χ4n) is 1.87. The Morgan fingerprint density at radius 2 is 2.05 bits per heavy atom. The maximum atomic E-state index is 12.0. The zero-order valence-corrected chi connectivity index (χ0v) is 11.5. The van der Waals surface area contributed by atoms with E-state index in [0.29, 0.717) is 17.8 Å². The number of hydrogen-bond donors (Lipinski definition) is 3. The highest BCUT2D eigenvalue weighted by atomic mass is 16.4. The maximum absolute atomic E-state index is 12.0. The first-order chi connectivity index (χ1) is 10.1. The number of carbonyl (C=O) groups excluding carboxylic acids is 1. The van der Waals surface area contributed by atoms with E-state index in [4.69, 9.17) is 0 Å². The monoisotopic (exact) mass is 288 g/mol. The molecule has 1 aromatic heterocycles. The van der Waals surface area contributed by atoms with Gasteiger partial charge in [-0.15, -0.1) is 5.10 Å². The minimum absolute atomic E-state index is 0.0550. The van der Waals surface area contributed by atoms with Gasteiger partial charge >= 0.3 is 5.97 Å². The molecule has 2 rings (SSSR count). The number of H-pyrrole nitrogens is 1. The number of nitrogens with zero attached hydrogens (tertiary/aromatic N) is 2. The van der Waals surface area contributed by atoms with Crippen molar-refractivity contribution in [3.63, 3.8) is 0 Å². The Labute approximate surface area is 121 Å². The third kappa shape index (κ3) is 3.65. The van der Waals surface area contributed by atoms with E-state index < -0.39 is 17.9 Å². The molecule has 21 heavy (non-hydrogen) atoms. The number of aryl methyl sites for hydroxylation is 1. The Morgan fingerprint density at radius 1 is 1.33 bits per heavy atom. The van der Waals surface area contributed by atoms with Crippen LogP contribution in [0.2, 0.25) is 0 Å². The number of aromatic amines is 1. The number of benzene rings is 1. The van der Waals surface area contributed by atoms with Gasteiger partial charge < -0.3 is 10.4 Å². The summed E-state index contributed by atoms with van der Waals surface area (Å²) in [5.74, 6) is -1.21. The minimum atomic E-state index is -1.14. The summed E-state index contributed by atoms with van der Waals surface area (Å²) in [4.78, 5) is 27.4. The molecule has 7 heteroatoms. The molecule has 0 saturated heterocycles. The summed E-state index contributed by atoms with van der Waals surface area (Å²) in [5.41, 5.74) is 0.489. The van der Waals surface area contributed by atoms with E-state index in [1.807, 2.05) is 6.92 Å². The van der Waals surface area contributed by atoms with Crippen molar-refractivity contribution in [2.75, 3.05) is 0 Å². The van der Waals surface area contributed by atoms with E-state index in [0.717, 1.165) is 6.42 Å². The largest absolute Gasteiger partial charge is 0.479 e. The van der Waals surface area contributed by atoms with E-state index in [-0.39, 0.29) is 5.82 Å². The van der Waals surface area contributed by atoms with Crippen LogP contribution in [0.15, 0.2) is 30.3 Å². The van der Waals surface area contributed by atoms with Gasteiger partial charge in [-0.05, 0) is 12.0 Å². The standard InChI is InChI=1S/C14H16N4O3/c1-2-6-10-15-12(18-17-10)13(19)16-11(14(20)21)9-7-4-3-5-8-9/h3-5,7-8,11H,2,6H2,1H3,(H,16,19)(H,20,21)(H,15,17,18)/t11-/m0/s1. The van der Waals surface area contributed by atoms with Crippen LogP contribution in [0.5, 0.6) is 0 Å². The molecule has 0 saturated carbocycles. The third-order valence-electron chi connectivity index (χ3n) is 2.88. The Hall–Kier alpha value is -2.70.